The molecule has 0 aliphatic rings. The highest BCUT2D eigenvalue weighted by atomic mass is 19.2. The largest absolute Gasteiger partial charge is 0.484 e. The van der Waals surface area contributed by atoms with Crippen LogP contribution < -0.4 is 9.64 Å². The van der Waals surface area contributed by atoms with Gasteiger partial charge in [-0.05, 0) is 43.3 Å². The normalized spacial score (nSPS) is 10.4. The van der Waals surface area contributed by atoms with Crippen LogP contribution in [0.1, 0.15) is 30.6 Å². The van der Waals surface area contributed by atoms with E-state index >= 15 is 0 Å². The summed E-state index contributed by atoms with van der Waals surface area (Å²) in [4.78, 5) is 25.2. The fraction of sp³-hybridized carbons (Fsp3) is 0.263. The predicted octanol–water partition coefficient (Wildman–Crippen LogP) is 3.99. The number of likely N-dealkylation sites (N-methyl/N-ethyl adjacent to an activating group) is 1. The van der Waals surface area contributed by atoms with Gasteiger partial charge in [0.05, 0.1) is 0 Å². The molecule has 4 nitrogen and oxygen atoms in total. The highest BCUT2D eigenvalue weighted by Gasteiger charge is 2.16. The van der Waals surface area contributed by atoms with Gasteiger partial charge < -0.3 is 9.64 Å². The van der Waals surface area contributed by atoms with Crippen LogP contribution in [0, 0.1) is 11.6 Å². The Morgan fingerprint density at radius 3 is 2.24 bits per heavy atom. The second kappa shape index (κ2) is 8.37. The van der Waals surface area contributed by atoms with Crippen molar-refractivity contribution in [2.75, 3.05) is 18.1 Å². The summed E-state index contributed by atoms with van der Waals surface area (Å²) in [5.41, 5.74) is 0.844. The molecule has 0 radical (unpaired) electrons. The van der Waals surface area contributed by atoms with E-state index < -0.39 is 11.6 Å². The Morgan fingerprint density at radius 1 is 1.00 bits per heavy atom. The summed E-state index contributed by atoms with van der Waals surface area (Å²) in [7, 11) is 0. The van der Waals surface area contributed by atoms with E-state index in [1.54, 1.807) is 38.1 Å². The minimum Gasteiger partial charge on any atom is -0.484 e. The number of carbonyl (C=O) groups is 2. The second-order valence-corrected chi connectivity index (χ2v) is 5.33. The fourth-order valence-electron chi connectivity index (χ4n) is 2.32. The lowest BCUT2D eigenvalue weighted by atomic mass is 10.1. The molecule has 132 valence electrons. The molecule has 0 aliphatic carbocycles. The first kappa shape index (κ1) is 18.6. The molecule has 2 aromatic rings. The van der Waals surface area contributed by atoms with Gasteiger partial charge in [0.15, 0.2) is 24.0 Å². The summed E-state index contributed by atoms with van der Waals surface area (Å²) in [6.07, 6.45) is 0.415. The van der Waals surface area contributed by atoms with Gasteiger partial charge in [0, 0.05) is 30.3 Å². The number of anilines is 1. The molecule has 0 fully saturated rings. The Labute approximate surface area is 145 Å². The van der Waals surface area contributed by atoms with E-state index in [-0.39, 0.29) is 30.5 Å². The molecular weight excluding hydrogens is 328 g/mol. The van der Waals surface area contributed by atoms with Crippen LogP contribution in [0.3, 0.4) is 0 Å². The van der Waals surface area contributed by atoms with Crippen LogP contribution in [0.15, 0.2) is 42.5 Å². The number of benzene rings is 2. The third kappa shape index (κ3) is 4.62. The van der Waals surface area contributed by atoms with Crippen molar-refractivity contribution < 1.29 is 23.1 Å². The van der Waals surface area contributed by atoms with Gasteiger partial charge in [0.2, 0.25) is 0 Å². The summed E-state index contributed by atoms with van der Waals surface area (Å²) in [6, 6.07) is 9.79. The Balaban J connectivity index is 2.02. The minimum absolute atomic E-state index is 0.0260. The van der Waals surface area contributed by atoms with Crippen LogP contribution in [0.2, 0.25) is 0 Å². The molecule has 0 saturated carbocycles. The van der Waals surface area contributed by atoms with Gasteiger partial charge in [-0.3, -0.25) is 9.59 Å². The number of amides is 1. The van der Waals surface area contributed by atoms with Gasteiger partial charge in [-0.15, -0.1) is 0 Å². The van der Waals surface area contributed by atoms with Crippen molar-refractivity contribution in [3.8, 4) is 5.75 Å². The molecule has 0 bridgehead atoms. The summed E-state index contributed by atoms with van der Waals surface area (Å²) in [6.45, 7) is 3.54. The average molecular weight is 347 g/mol. The highest BCUT2D eigenvalue weighted by molar-refractivity contribution is 5.96. The van der Waals surface area contributed by atoms with Crippen molar-refractivity contribution in [3.05, 3.63) is 59.7 Å². The maximum absolute atomic E-state index is 13.4. The first-order valence-electron chi connectivity index (χ1n) is 7.97. The van der Waals surface area contributed by atoms with Crippen LogP contribution in [-0.2, 0) is 4.79 Å². The number of hydrogen-bond donors (Lipinski definition) is 0. The maximum atomic E-state index is 13.4. The van der Waals surface area contributed by atoms with Crippen molar-refractivity contribution in [2.24, 2.45) is 0 Å². The fourth-order valence-corrected chi connectivity index (χ4v) is 2.32. The SMILES string of the molecule is CCC(=O)c1ccc(OCC(=O)N(CC)c2ccc(F)c(F)c2)cc1. The van der Waals surface area contributed by atoms with Gasteiger partial charge in [-0.25, -0.2) is 8.78 Å². The van der Waals surface area contributed by atoms with E-state index in [2.05, 4.69) is 0 Å². The smallest absolute Gasteiger partial charge is 0.264 e. The molecule has 0 N–H and O–H groups in total. The van der Waals surface area contributed by atoms with Crippen molar-refractivity contribution in [3.63, 3.8) is 0 Å². The lowest BCUT2D eigenvalue weighted by Crippen LogP contribution is -2.34. The number of carbonyl (C=O) groups excluding carboxylic acids is 2. The van der Waals surface area contributed by atoms with Gasteiger partial charge in [-0.1, -0.05) is 6.92 Å². The number of rotatable bonds is 7. The molecule has 0 spiro atoms. The minimum atomic E-state index is -1.01. The Hall–Kier alpha value is -2.76. The molecule has 0 aromatic heterocycles. The summed E-state index contributed by atoms with van der Waals surface area (Å²) in [5.74, 6) is -1.89. The molecule has 1 amide bonds. The van der Waals surface area contributed by atoms with Crippen LogP contribution in [-0.4, -0.2) is 24.8 Å². The topological polar surface area (TPSA) is 46.6 Å². The van der Waals surface area contributed by atoms with Crippen LogP contribution in [0.4, 0.5) is 14.5 Å². The lowest BCUT2D eigenvalue weighted by molar-refractivity contribution is -0.120. The molecule has 0 heterocycles. The van der Waals surface area contributed by atoms with Crippen LogP contribution in [0.5, 0.6) is 5.75 Å². The van der Waals surface area contributed by atoms with E-state index in [1.807, 2.05) is 0 Å². The number of Topliss-reactive ketones (excluding diaryl/α,β-unsaturated/α-hetero) is 1. The van der Waals surface area contributed by atoms with Crippen molar-refractivity contribution in [1.29, 1.82) is 0 Å². The molecule has 25 heavy (non-hydrogen) atoms. The maximum Gasteiger partial charge on any atom is 0.264 e. The first-order chi connectivity index (χ1) is 12.0. The third-order valence-electron chi connectivity index (χ3n) is 3.69. The van der Waals surface area contributed by atoms with E-state index in [0.29, 0.717) is 17.7 Å². The number of ether oxygens (including phenoxy) is 1. The summed E-state index contributed by atoms with van der Waals surface area (Å²) in [5, 5.41) is 0. The van der Waals surface area contributed by atoms with Crippen LogP contribution in [0.25, 0.3) is 0 Å². The Morgan fingerprint density at radius 2 is 1.68 bits per heavy atom. The zero-order chi connectivity index (χ0) is 18.4. The monoisotopic (exact) mass is 347 g/mol. The van der Waals surface area contributed by atoms with E-state index in [1.165, 1.54) is 11.0 Å². The molecule has 0 atom stereocenters. The number of ketones is 1. The zero-order valence-corrected chi connectivity index (χ0v) is 14.1. The Bertz CT molecular complexity index is 760. The van der Waals surface area contributed by atoms with Crippen molar-refractivity contribution >= 4 is 17.4 Å². The number of hydrogen-bond acceptors (Lipinski definition) is 3. The highest BCUT2D eigenvalue weighted by Crippen LogP contribution is 2.19. The number of halogens is 2. The quantitative estimate of drug-likeness (QED) is 0.712. The van der Waals surface area contributed by atoms with Crippen molar-refractivity contribution in [1.82, 2.24) is 0 Å². The molecule has 6 heteroatoms. The first-order valence-corrected chi connectivity index (χ1v) is 7.97. The van der Waals surface area contributed by atoms with Gasteiger partial charge in [0.25, 0.3) is 5.91 Å². The Kier molecular flexibility index (Phi) is 6.22. The molecule has 2 aromatic carbocycles. The van der Waals surface area contributed by atoms with E-state index in [9.17, 15) is 18.4 Å². The lowest BCUT2D eigenvalue weighted by Gasteiger charge is -2.21. The summed E-state index contributed by atoms with van der Waals surface area (Å²) < 4.78 is 31.8. The molecule has 0 unspecified atom stereocenters. The summed E-state index contributed by atoms with van der Waals surface area (Å²) >= 11 is 0. The standard InChI is InChI=1S/C19H19F2NO3/c1-3-18(23)13-5-8-15(9-6-13)25-12-19(24)22(4-2)14-7-10-16(20)17(21)11-14/h5-11H,3-4,12H2,1-2H3. The molecule has 2 rings (SSSR count). The van der Waals surface area contributed by atoms with Crippen LogP contribution >= 0.6 is 0 Å². The van der Waals surface area contributed by atoms with Gasteiger partial charge >= 0.3 is 0 Å². The zero-order valence-electron chi connectivity index (χ0n) is 14.1. The average Bonchev–Trinajstić information content (AvgIpc) is 2.63. The third-order valence-corrected chi connectivity index (χ3v) is 3.69. The number of nitrogens with zero attached hydrogens (tertiary/aromatic N) is 1. The van der Waals surface area contributed by atoms with Gasteiger partial charge in [0.1, 0.15) is 5.75 Å². The van der Waals surface area contributed by atoms with E-state index in [0.717, 1.165) is 12.1 Å². The van der Waals surface area contributed by atoms with Crippen molar-refractivity contribution in [2.45, 2.75) is 20.3 Å². The predicted molar refractivity (Wildman–Crippen MR) is 90.9 cm³/mol. The molecule has 0 saturated heterocycles. The van der Waals surface area contributed by atoms with E-state index in [4.69, 9.17) is 4.74 Å². The second-order valence-electron chi connectivity index (χ2n) is 5.33. The van der Waals surface area contributed by atoms with Gasteiger partial charge in [-0.2, -0.15) is 0 Å². The molecule has 0 aliphatic heterocycles. The molecular formula is C19H19F2NO3.